The molecule has 64 heavy (non-hydrogen) atoms. The van der Waals surface area contributed by atoms with E-state index in [0.29, 0.717) is 0 Å². The lowest BCUT2D eigenvalue weighted by Crippen LogP contribution is -2.09. The van der Waals surface area contributed by atoms with E-state index < -0.39 is 0 Å². The summed E-state index contributed by atoms with van der Waals surface area (Å²) >= 11 is 0. The van der Waals surface area contributed by atoms with Crippen molar-refractivity contribution in [3.8, 4) is 44.5 Å². The minimum Gasteiger partial charge on any atom is -0.311 e. The van der Waals surface area contributed by atoms with Crippen molar-refractivity contribution < 1.29 is 0 Å². The fourth-order valence-corrected chi connectivity index (χ4v) is 8.85. The summed E-state index contributed by atoms with van der Waals surface area (Å²) < 4.78 is 0. The third kappa shape index (κ3) is 7.81. The fourth-order valence-electron chi connectivity index (χ4n) is 8.85. The summed E-state index contributed by atoms with van der Waals surface area (Å²) in [6, 6.07) is 96.2. The number of fused-ring (bicyclic) bond motifs is 2. The van der Waals surface area contributed by atoms with Crippen molar-refractivity contribution >= 4 is 55.7 Å². The Morgan fingerprint density at radius 2 is 0.375 bits per heavy atom. The second-order valence-electron chi connectivity index (χ2n) is 16.2. The second kappa shape index (κ2) is 17.1. The molecule has 0 radical (unpaired) electrons. The highest BCUT2D eigenvalue weighted by Crippen LogP contribution is 2.40. The normalized spacial score (nSPS) is 11.1. The first-order chi connectivity index (χ1) is 31.7. The number of anilines is 6. The monoisotopic (exact) mass is 816 g/mol. The molecule has 11 rings (SSSR count). The number of benzene rings is 11. The second-order valence-corrected chi connectivity index (χ2v) is 16.2. The first kappa shape index (κ1) is 38.5. The predicted molar refractivity (Wildman–Crippen MR) is 273 cm³/mol. The van der Waals surface area contributed by atoms with Crippen molar-refractivity contribution in [1.82, 2.24) is 0 Å². The third-order valence-corrected chi connectivity index (χ3v) is 12.3. The van der Waals surface area contributed by atoms with E-state index in [2.05, 4.69) is 277 Å². The van der Waals surface area contributed by atoms with E-state index in [1.807, 2.05) is 0 Å². The van der Waals surface area contributed by atoms with Crippen molar-refractivity contribution in [2.24, 2.45) is 0 Å². The van der Waals surface area contributed by atoms with E-state index in [1.165, 1.54) is 66.1 Å². The smallest absolute Gasteiger partial charge is 0.0468 e. The highest BCUT2D eigenvalue weighted by Gasteiger charge is 2.16. The Morgan fingerprint density at radius 3 is 0.688 bits per heavy atom. The summed E-state index contributed by atoms with van der Waals surface area (Å²) in [6.07, 6.45) is 0. The summed E-state index contributed by atoms with van der Waals surface area (Å²) in [5.74, 6) is 0. The van der Waals surface area contributed by atoms with Crippen LogP contribution in [0.2, 0.25) is 0 Å². The van der Waals surface area contributed by atoms with E-state index in [4.69, 9.17) is 0 Å². The van der Waals surface area contributed by atoms with Crippen LogP contribution in [0.5, 0.6) is 0 Å². The molecule has 0 amide bonds. The summed E-state index contributed by atoms with van der Waals surface area (Å²) in [6.45, 7) is 0. The first-order valence-corrected chi connectivity index (χ1v) is 21.9. The Morgan fingerprint density at radius 1 is 0.156 bits per heavy atom. The van der Waals surface area contributed by atoms with Crippen LogP contribution in [-0.4, -0.2) is 0 Å². The van der Waals surface area contributed by atoms with Gasteiger partial charge in [-0.1, -0.05) is 194 Å². The minimum absolute atomic E-state index is 1.10. The SMILES string of the molecule is c1ccc(-c2ccc(N(c3ccc(-c4ccccc4)cc3)c3ccc(-c4ccc(-c5ccc(N(c6ccc7ccccc7c6)c6ccc7ccccc7c6)cc5)cc4)cc3)cc2)cc1. The van der Waals surface area contributed by atoms with E-state index in [1.54, 1.807) is 0 Å². The van der Waals surface area contributed by atoms with Gasteiger partial charge in [0, 0.05) is 34.1 Å². The van der Waals surface area contributed by atoms with Crippen LogP contribution >= 0.6 is 0 Å². The van der Waals surface area contributed by atoms with Gasteiger partial charge < -0.3 is 9.80 Å². The summed E-state index contributed by atoms with van der Waals surface area (Å²) in [7, 11) is 0. The molecule has 11 aromatic rings. The lowest BCUT2D eigenvalue weighted by Gasteiger charge is -2.26. The molecule has 2 heteroatoms. The van der Waals surface area contributed by atoms with Crippen LogP contribution < -0.4 is 9.80 Å². The first-order valence-electron chi connectivity index (χ1n) is 21.9. The number of hydrogen-bond acceptors (Lipinski definition) is 2. The zero-order valence-corrected chi connectivity index (χ0v) is 35.3. The molecule has 0 spiro atoms. The maximum atomic E-state index is 2.36. The number of hydrogen-bond donors (Lipinski definition) is 0. The van der Waals surface area contributed by atoms with Gasteiger partial charge in [0.1, 0.15) is 0 Å². The van der Waals surface area contributed by atoms with E-state index in [9.17, 15) is 0 Å². The number of nitrogens with zero attached hydrogens (tertiary/aromatic N) is 2. The van der Waals surface area contributed by atoms with E-state index >= 15 is 0 Å². The summed E-state index contributed by atoms with van der Waals surface area (Å²) in [5, 5.41) is 4.90. The Hall–Kier alpha value is -8.46. The van der Waals surface area contributed by atoms with Crippen molar-refractivity contribution in [3.05, 3.63) is 267 Å². The van der Waals surface area contributed by atoms with Gasteiger partial charge in [0.15, 0.2) is 0 Å². The Balaban J connectivity index is 0.869. The molecule has 11 aromatic carbocycles. The third-order valence-electron chi connectivity index (χ3n) is 12.3. The molecule has 0 heterocycles. The van der Waals surface area contributed by atoms with Crippen LogP contribution in [0.3, 0.4) is 0 Å². The van der Waals surface area contributed by atoms with Crippen LogP contribution in [-0.2, 0) is 0 Å². The molecule has 0 atom stereocenters. The fraction of sp³-hybridized carbons (Fsp3) is 0. The molecule has 0 unspecified atom stereocenters. The molecule has 0 N–H and O–H groups in total. The van der Waals surface area contributed by atoms with E-state index in [0.717, 1.165) is 34.1 Å². The summed E-state index contributed by atoms with van der Waals surface area (Å²) in [5.41, 5.74) is 16.2. The van der Waals surface area contributed by atoms with Gasteiger partial charge in [0.05, 0.1) is 0 Å². The molecule has 0 aromatic heterocycles. The molecule has 0 saturated carbocycles. The van der Waals surface area contributed by atoms with Gasteiger partial charge in [-0.25, -0.2) is 0 Å². The average Bonchev–Trinajstić information content (AvgIpc) is 3.38. The van der Waals surface area contributed by atoms with Crippen molar-refractivity contribution in [3.63, 3.8) is 0 Å². The molecular weight excluding hydrogens is 773 g/mol. The minimum atomic E-state index is 1.10. The standard InChI is InChI=1S/C62H44N2/c1-3-11-45(12-4-1)51-23-33-57(34-24-51)63(58-35-25-52(26-36-58)46-13-5-2-6-14-46)59-37-27-53(28-38-59)49-19-21-50(22-20-49)54-29-39-60(40-30-54)64(61-41-31-47-15-7-9-17-55(47)43-61)62-42-32-48-16-8-10-18-56(48)44-62/h1-44H. The van der Waals surface area contributed by atoms with Crippen LogP contribution in [0, 0.1) is 0 Å². The van der Waals surface area contributed by atoms with Crippen molar-refractivity contribution in [2.45, 2.75) is 0 Å². The highest BCUT2D eigenvalue weighted by atomic mass is 15.1. The Bertz CT molecular complexity index is 3160. The van der Waals surface area contributed by atoms with Crippen LogP contribution in [0.1, 0.15) is 0 Å². The molecule has 302 valence electrons. The highest BCUT2D eigenvalue weighted by molar-refractivity contribution is 5.93. The predicted octanol–water partition coefficient (Wildman–Crippen LogP) is 17.6. The van der Waals surface area contributed by atoms with Gasteiger partial charge in [-0.2, -0.15) is 0 Å². The van der Waals surface area contributed by atoms with Gasteiger partial charge in [0.25, 0.3) is 0 Å². The molecule has 2 nitrogen and oxygen atoms in total. The topological polar surface area (TPSA) is 6.48 Å². The van der Waals surface area contributed by atoms with Gasteiger partial charge >= 0.3 is 0 Å². The molecule has 0 bridgehead atoms. The molecule has 0 aliphatic carbocycles. The van der Waals surface area contributed by atoms with Gasteiger partial charge in [-0.15, -0.1) is 0 Å². The van der Waals surface area contributed by atoms with Crippen LogP contribution in [0.25, 0.3) is 66.1 Å². The molecule has 0 aliphatic rings. The maximum Gasteiger partial charge on any atom is 0.0468 e. The van der Waals surface area contributed by atoms with Crippen molar-refractivity contribution in [2.75, 3.05) is 9.80 Å². The quantitative estimate of drug-likeness (QED) is 0.136. The van der Waals surface area contributed by atoms with E-state index in [-0.39, 0.29) is 0 Å². The summed E-state index contributed by atoms with van der Waals surface area (Å²) in [4.78, 5) is 4.69. The van der Waals surface area contributed by atoms with Gasteiger partial charge in [-0.3, -0.25) is 0 Å². The lowest BCUT2D eigenvalue weighted by molar-refractivity contribution is 1.28. The van der Waals surface area contributed by atoms with Crippen molar-refractivity contribution in [1.29, 1.82) is 0 Å². The van der Waals surface area contributed by atoms with Crippen LogP contribution in [0.15, 0.2) is 267 Å². The number of rotatable bonds is 10. The van der Waals surface area contributed by atoms with Gasteiger partial charge in [0.2, 0.25) is 0 Å². The Kier molecular flexibility index (Phi) is 10.3. The molecule has 0 aliphatic heterocycles. The zero-order chi connectivity index (χ0) is 42.7. The zero-order valence-electron chi connectivity index (χ0n) is 35.3. The van der Waals surface area contributed by atoms with Crippen LogP contribution in [0.4, 0.5) is 34.1 Å². The maximum absolute atomic E-state index is 2.36. The molecule has 0 fully saturated rings. The average molecular weight is 817 g/mol. The largest absolute Gasteiger partial charge is 0.311 e. The Labute approximate surface area is 375 Å². The van der Waals surface area contributed by atoms with Gasteiger partial charge in [-0.05, 0) is 139 Å². The molecule has 0 saturated heterocycles. The lowest BCUT2D eigenvalue weighted by atomic mass is 9.99. The molecular formula is C62H44N2.